The first-order chi connectivity index (χ1) is 10.2. The topological polar surface area (TPSA) is 78.4 Å². The number of amides is 1. The summed E-state index contributed by atoms with van der Waals surface area (Å²) in [5, 5.41) is 9.26. The van der Waals surface area contributed by atoms with Crippen LogP contribution in [0.2, 0.25) is 0 Å². The van der Waals surface area contributed by atoms with Crippen LogP contribution in [-0.4, -0.2) is 36.0 Å². The van der Waals surface area contributed by atoms with Gasteiger partial charge in [0.1, 0.15) is 5.82 Å². The van der Waals surface area contributed by atoms with Gasteiger partial charge in [-0.2, -0.15) is 0 Å². The lowest BCUT2D eigenvalue weighted by atomic mass is 10.3. The highest BCUT2D eigenvalue weighted by Crippen LogP contribution is 2.18. The number of halogens is 1. The number of nitrogens with one attached hydrogen (secondary N) is 3. The number of carbonyl (C=O) groups excluding carboxylic acids is 1. The molecule has 1 aromatic heterocycles. The Morgan fingerprint density at radius 2 is 2.18 bits per heavy atom. The molecule has 0 unspecified atom stereocenters. The molecule has 0 spiro atoms. The van der Waals surface area contributed by atoms with Crippen molar-refractivity contribution in [1.82, 2.24) is 15.6 Å². The molecule has 1 saturated carbocycles. The lowest BCUT2D eigenvalue weighted by Gasteiger charge is -2.10. The number of aliphatic imine (C=N–C) groups is 1. The first-order valence-corrected chi connectivity index (χ1v) is 7.44. The Balaban J connectivity index is 0.00000242. The highest BCUT2D eigenvalue weighted by molar-refractivity contribution is 14.0. The van der Waals surface area contributed by atoms with Crippen LogP contribution >= 0.6 is 24.0 Å². The number of guanidine groups is 1. The Kier molecular flexibility index (Phi) is 8.15. The maximum absolute atomic E-state index is 11.8. The normalized spacial score (nSPS) is 14.0. The van der Waals surface area contributed by atoms with Crippen molar-refractivity contribution in [2.24, 2.45) is 4.99 Å². The number of pyridine rings is 1. The van der Waals surface area contributed by atoms with E-state index in [1.54, 1.807) is 12.3 Å². The minimum absolute atomic E-state index is 0. The minimum Gasteiger partial charge on any atom is -0.357 e. The third-order valence-electron chi connectivity index (χ3n) is 3.05. The summed E-state index contributed by atoms with van der Waals surface area (Å²) in [7, 11) is 0. The second-order valence-corrected chi connectivity index (χ2v) is 5.20. The van der Waals surface area contributed by atoms with Crippen LogP contribution in [0.3, 0.4) is 0 Å². The molecule has 0 bridgehead atoms. The molecule has 1 aliphatic carbocycles. The number of aryl methyl sites for hydroxylation is 1. The number of nitrogens with zero attached hydrogens (tertiary/aromatic N) is 2. The molecule has 22 heavy (non-hydrogen) atoms. The molecule has 1 fully saturated rings. The summed E-state index contributed by atoms with van der Waals surface area (Å²) < 4.78 is 0. The second kappa shape index (κ2) is 9.60. The average molecular weight is 417 g/mol. The van der Waals surface area contributed by atoms with Crippen LogP contribution in [0.25, 0.3) is 0 Å². The van der Waals surface area contributed by atoms with E-state index in [1.165, 1.54) is 12.8 Å². The van der Waals surface area contributed by atoms with Crippen LogP contribution < -0.4 is 16.0 Å². The summed E-state index contributed by atoms with van der Waals surface area (Å²) in [5.74, 6) is 1.30. The Bertz CT molecular complexity index is 499. The number of hydrogen-bond donors (Lipinski definition) is 3. The first-order valence-electron chi connectivity index (χ1n) is 7.44. The number of hydrogen-bond acceptors (Lipinski definition) is 3. The first kappa shape index (κ1) is 18.7. The zero-order valence-corrected chi connectivity index (χ0v) is 15.4. The molecule has 7 heteroatoms. The molecule has 2 rings (SSSR count). The average Bonchev–Trinajstić information content (AvgIpc) is 3.25. The van der Waals surface area contributed by atoms with Crippen LogP contribution in [-0.2, 0) is 4.79 Å². The standard InChI is InChI=1S/C15H23N5O.HI/c1-3-16-15(19-12-5-6-12)17-9-8-14(21)20-13-7-4-11(2)10-18-13;/h4,7,10,12H,3,5-6,8-9H2,1-2H3,(H2,16,17,19)(H,18,20,21);1H. The van der Waals surface area contributed by atoms with Crippen molar-refractivity contribution in [3.8, 4) is 0 Å². The zero-order chi connectivity index (χ0) is 15.1. The summed E-state index contributed by atoms with van der Waals surface area (Å²) in [6.07, 6.45) is 4.47. The molecule has 0 radical (unpaired) electrons. The van der Waals surface area contributed by atoms with Gasteiger partial charge in [-0.05, 0) is 38.3 Å². The van der Waals surface area contributed by atoms with Gasteiger partial charge in [0.2, 0.25) is 5.91 Å². The van der Waals surface area contributed by atoms with E-state index < -0.39 is 0 Å². The van der Waals surface area contributed by atoms with Crippen LogP contribution in [0, 0.1) is 6.92 Å². The van der Waals surface area contributed by atoms with E-state index in [1.807, 2.05) is 19.9 Å². The molecular weight excluding hydrogens is 393 g/mol. The van der Waals surface area contributed by atoms with Crippen LogP contribution in [0.4, 0.5) is 5.82 Å². The number of anilines is 1. The van der Waals surface area contributed by atoms with Gasteiger partial charge in [0.25, 0.3) is 0 Å². The highest BCUT2D eigenvalue weighted by Gasteiger charge is 2.22. The summed E-state index contributed by atoms with van der Waals surface area (Å²) in [5.41, 5.74) is 1.07. The predicted molar refractivity (Wildman–Crippen MR) is 99.8 cm³/mol. The van der Waals surface area contributed by atoms with Crippen molar-refractivity contribution in [3.05, 3.63) is 23.9 Å². The second-order valence-electron chi connectivity index (χ2n) is 5.20. The van der Waals surface area contributed by atoms with E-state index in [-0.39, 0.29) is 29.9 Å². The van der Waals surface area contributed by atoms with E-state index >= 15 is 0 Å². The third kappa shape index (κ3) is 7.06. The van der Waals surface area contributed by atoms with Crippen LogP contribution in [0.1, 0.15) is 31.7 Å². The van der Waals surface area contributed by atoms with Crippen molar-refractivity contribution < 1.29 is 4.79 Å². The molecule has 0 aromatic carbocycles. The fraction of sp³-hybridized carbons (Fsp3) is 0.533. The fourth-order valence-corrected chi connectivity index (χ4v) is 1.76. The number of aromatic nitrogens is 1. The predicted octanol–water partition coefficient (Wildman–Crippen LogP) is 2.05. The van der Waals surface area contributed by atoms with Gasteiger partial charge in [-0.1, -0.05) is 6.07 Å². The fourth-order valence-electron chi connectivity index (χ4n) is 1.76. The maximum atomic E-state index is 11.8. The summed E-state index contributed by atoms with van der Waals surface area (Å²) in [6, 6.07) is 4.27. The Labute approximate surface area is 148 Å². The van der Waals surface area contributed by atoms with Crippen molar-refractivity contribution >= 4 is 41.7 Å². The van der Waals surface area contributed by atoms with Crippen LogP contribution in [0.5, 0.6) is 0 Å². The molecule has 0 saturated heterocycles. The zero-order valence-electron chi connectivity index (χ0n) is 13.1. The monoisotopic (exact) mass is 417 g/mol. The Morgan fingerprint density at radius 1 is 1.41 bits per heavy atom. The highest BCUT2D eigenvalue weighted by atomic mass is 127. The van der Waals surface area contributed by atoms with E-state index in [0.29, 0.717) is 24.8 Å². The molecule has 0 atom stereocenters. The lowest BCUT2D eigenvalue weighted by molar-refractivity contribution is -0.116. The molecule has 1 amide bonds. The van der Waals surface area contributed by atoms with Gasteiger partial charge in [-0.3, -0.25) is 9.79 Å². The van der Waals surface area contributed by atoms with E-state index in [4.69, 9.17) is 0 Å². The van der Waals surface area contributed by atoms with Gasteiger partial charge in [-0.15, -0.1) is 24.0 Å². The molecule has 6 nitrogen and oxygen atoms in total. The summed E-state index contributed by atoms with van der Waals surface area (Å²) >= 11 is 0. The van der Waals surface area contributed by atoms with Gasteiger partial charge in [0.05, 0.1) is 6.54 Å². The smallest absolute Gasteiger partial charge is 0.227 e. The van der Waals surface area contributed by atoms with E-state index in [0.717, 1.165) is 18.1 Å². The quantitative estimate of drug-likeness (QED) is 0.376. The third-order valence-corrected chi connectivity index (χ3v) is 3.05. The summed E-state index contributed by atoms with van der Waals surface area (Å²) in [6.45, 7) is 5.26. The maximum Gasteiger partial charge on any atom is 0.227 e. The molecule has 1 heterocycles. The number of rotatable bonds is 6. The molecule has 0 aliphatic heterocycles. The van der Waals surface area contributed by atoms with Crippen molar-refractivity contribution in [2.75, 3.05) is 18.4 Å². The SMILES string of the molecule is CCNC(=NCCC(=O)Nc1ccc(C)cn1)NC1CC1.I. The summed E-state index contributed by atoms with van der Waals surface area (Å²) in [4.78, 5) is 20.4. The van der Waals surface area contributed by atoms with Gasteiger partial charge in [0, 0.05) is 25.2 Å². The molecule has 1 aliphatic rings. The van der Waals surface area contributed by atoms with Crippen molar-refractivity contribution in [2.45, 2.75) is 39.2 Å². The number of carbonyl (C=O) groups is 1. The van der Waals surface area contributed by atoms with Crippen molar-refractivity contribution in [3.63, 3.8) is 0 Å². The lowest BCUT2D eigenvalue weighted by Crippen LogP contribution is -2.38. The Hall–Kier alpha value is -1.38. The Morgan fingerprint density at radius 3 is 2.77 bits per heavy atom. The minimum atomic E-state index is -0.0719. The molecule has 1 aromatic rings. The molecule has 3 N–H and O–H groups in total. The van der Waals surface area contributed by atoms with Gasteiger partial charge in [-0.25, -0.2) is 4.98 Å². The van der Waals surface area contributed by atoms with Crippen molar-refractivity contribution in [1.29, 1.82) is 0 Å². The van der Waals surface area contributed by atoms with Gasteiger partial charge < -0.3 is 16.0 Å². The largest absolute Gasteiger partial charge is 0.357 e. The van der Waals surface area contributed by atoms with Crippen LogP contribution in [0.15, 0.2) is 23.3 Å². The van der Waals surface area contributed by atoms with Gasteiger partial charge in [0.15, 0.2) is 5.96 Å². The molecular formula is C15H24IN5O. The van der Waals surface area contributed by atoms with Gasteiger partial charge >= 0.3 is 0 Å². The van der Waals surface area contributed by atoms with E-state index in [9.17, 15) is 4.79 Å². The van der Waals surface area contributed by atoms with E-state index in [2.05, 4.69) is 25.9 Å². The molecule has 122 valence electrons.